The van der Waals surface area contributed by atoms with Crippen LogP contribution in [0.5, 0.6) is 0 Å². The molecule has 0 aliphatic heterocycles. The van der Waals surface area contributed by atoms with Crippen LogP contribution in [0.4, 0.5) is 0 Å². The third-order valence-electron chi connectivity index (χ3n) is 16.9. The number of fused-ring (bicyclic) bond motifs is 9. The lowest BCUT2D eigenvalue weighted by Crippen LogP contribution is -2.13. The number of nitriles is 1. The Balaban J connectivity index is 1.17. The van der Waals surface area contributed by atoms with Crippen LogP contribution in [0.1, 0.15) is 5.56 Å². The quantitative estimate of drug-likeness (QED) is 0.161. The first-order valence-corrected chi connectivity index (χ1v) is 26.1. The molecule has 77 heavy (non-hydrogen) atoms. The van der Waals surface area contributed by atoms with E-state index in [4.69, 9.17) is 4.98 Å². The molecule has 18 aromatic rings. The van der Waals surface area contributed by atoms with Crippen molar-refractivity contribution in [2.75, 3.05) is 0 Å². The van der Waals surface area contributed by atoms with Gasteiger partial charge in [0.25, 0.3) is 0 Å². The maximum Gasteiger partial charge on any atom is 0.146 e. The van der Waals surface area contributed by atoms with Crippen molar-refractivity contribution in [1.29, 1.82) is 5.26 Å². The summed E-state index contributed by atoms with van der Waals surface area (Å²) in [5.41, 5.74) is 12.7. The van der Waals surface area contributed by atoms with E-state index in [9.17, 15) is 5.26 Å². The van der Waals surface area contributed by atoms with Gasteiger partial charge in [0.15, 0.2) is 0 Å². The smallest absolute Gasteiger partial charge is 0.146 e. The summed E-state index contributed by atoms with van der Waals surface area (Å²) in [5.74, 6) is 0. The normalized spacial score (nSPS) is 12.4. The van der Waals surface area contributed by atoms with Crippen LogP contribution >= 0.6 is 0 Å². The Bertz CT molecular complexity index is 5070. The summed E-state index contributed by atoms with van der Waals surface area (Å²) in [6.45, 7) is 0. The molecule has 0 fully saturated rings. The molecule has 0 aliphatic rings. The van der Waals surface area contributed by atoms with Crippen molar-refractivity contribution >= 4 is 130 Å². The summed E-state index contributed by atoms with van der Waals surface area (Å²) in [7, 11) is 0. The highest BCUT2D eigenvalue weighted by atomic mass is 15.1. The van der Waals surface area contributed by atoms with Crippen molar-refractivity contribution < 1.29 is 0 Å². The Labute approximate surface area is 438 Å². The van der Waals surface area contributed by atoms with Crippen LogP contribution in [0.3, 0.4) is 0 Å². The Morgan fingerprint density at radius 3 is 1.09 bits per heavy atom. The van der Waals surface area contributed by atoms with Gasteiger partial charge in [0.05, 0.1) is 44.6 Å². The van der Waals surface area contributed by atoms with Gasteiger partial charge in [-0.1, -0.05) is 146 Å². The number of hydrogen-bond acceptors (Lipinski definition) is 4. The minimum absolute atomic E-state index is 0.541. The van der Waals surface area contributed by atoms with Crippen LogP contribution in [0, 0.1) is 11.3 Å². The maximum atomic E-state index is 12.8. The third kappa shape index (κ3) is 5.02. The lowest BCUT2D eigenvalue weighted by Gasteiger charge is -2.28. The molecule has 0 N–H and O–H groups in total. The van der Waals surface area contributed by atoms with Gasteiger partial charge in [-0.2, -0.15) is 5.26 Å². The molecule has 7 heteroatoms. The molecular formula is C70H37N7. The number of benzene rings is 12. The minimum atomic E-state index is 0.541. The fraction of sp³-hybridized carbons (Fsp3) is 0. The molecule has 0 amide bonds. The van der Waals surface area contributed by atoms with Crippen molar-refractivity contribution in [3.05, 3.63) is 231 Å². The van der Waals surface area contributed by atoms with E-state index in [1.807, 2.05) is 31.0 Å². The highest BCUT2D eigenvalue weighted by molar-refractivity contribution is 6.37. The van der Waals surface area contributed by atoms with E-state index in [1.165, 1.54) is 16.2 Å². The van der Waals surface area contributed by atoms with Crippen LogP contribution in [-0.4, -0.2) is 28.7 Å². The van der Waals surface area contributed by atoms with E-state index in [1.54, 1.807) is 0 Å². The van der Waals surface area contributed by atoms with Gasteiger partial charge >= 0.3 is 0 Å². The van der Waals surface area contributed by atoms with Gasteiger partial charge < -0.3 is 9.13 Å². The van der Waals surface area contributed by atoms with Crippen molar-refractivity contribution in [3.8, 4) is 45.4 Å². The van der Waals surface area contributed by atoms with Crippen molar-refractivity contribution in [2.24, 2.45) is 0 Å². The zero-order valence-electron chi connectivity index (χ0n) is 41.0. The first-order valence-electron chi connectivity index (χ1n) is 26.1. The second-order valence-corrected chi connectivity index (χ2v) is 20.5. The van der Waals surface area contributed by atoms with Gasteiger partial charge in [-0.15, -0.1) is 0 Å². The standard InChI is InChI=1S/C70H37N7/c71-36-51-67(75-54-25-9-21-46-43-30-33-72-37-52(43)48-23-12-27-56(75)63(48)61(46)54)59(39-14-3-1-4-15-39)69(77-58-29-11-20-45-41-18-7-8-19-42(41)50-32-35-74-70(77)66(50)65(45)58)60(40-16-5-2-6-17-40)68(51)76-55-26-10-22-47-44-31-34-73-38-53(44)49-24-13-28-57(76)64(49)62(47)55/h1-35,37-38H. The molecule has 0 atom stereocenters. The lowest BCUT2D eigenvalue weighted by molar-refractivity contribution is 1.08. The SMILES string of the molecule is N#Cc1c(-n2c3cccc4c5ccncc5c5cccc2c5c43)c(-c2ccccc2)c(-n2c3cccc4c5ccccc5c5ccnc2c5c43)c(-c2ccccc2)c1-n1c2cccc3c4ccncc4c4cccc1c4c32. The van der Waals surface area contributed by atoms with E-state index < -0.39 is 0 Å². The Hall–Kier alpha value is -10.7. The Morgan fingerprint density at radius 2 is 0.649 bits per heavy atom. The topological polar surface area (TPSA) is 77.2 Å². The van der Waals surface area contributed by atoms with Gasteiger partial charge in [0.2, 0.25) is 0 Å². The average molecular weight is 976 g/mol. The molecule has 6 aromatic heterocycles. The maximum absolute atomic E-state index is 12.8. The number of aromatic nitrogens is 6. The molecule has 0 radical (unpaired) electrons. The zero-order chi connectivity index (χ0) is 50.2. The van der Waals surface area contributed by atoms with Crippen molar-refractivity contribution in [3.63, 3.8) is 0 Å². The summed E-state index contributed by atoms with van der Waals surface area (Å²) in [6, 6.07) is 73.0. The predicted octanol–water partition coefficient (Wildman–Crippen LogP) is 17.6. The van der Waals surface area contributed by atoms with Crippen LogP contribution < -0.4 is 0 Å². The number of nitrogens with zero attached hydrogens (tertiary/aromatic N) is 7. The van der Waals surface area contributed by atoms with E-state index >= 15 is 0 Å². The largest absolute Gasteiger partial charge is 0.307 e. The molecule has 0 bridgehead atoms. The summed E-state index contributed by atoms with van der Waals surface area (Å²) >= 11 is 0. The number of rotatable bonds is 5. The van der Waals surface area contributed by atoms with Gasteiger partial charge in [0.1, 0.15) is 17.3 Å². The molecule has 352 valence electrons. The van der Waals surface area contributed by atoms with Crippen LogP contribution in [0.15, 0.2) is 225 Å². The Morgan fingerprint density at radius 1 is 0.299 bits per heavy atom. The summed E-state index contributed by atoms with van der Waals surface area (Å²) in [5, 5.41) is 33.3. The molecule has 18 rings (SSSR count). The monoisotopic (exact) mass is 975 g/mol. The fourth-order valence-corrected chi connectivity index (χ4v) is 14.1. The molecule has 7 nitrogen and oxygen atoms in total. The fourth-order valence-electron chi connectivity index (χ4n) is 14.1. The summed E-state index contributed by atoms with van der Waals surface area (Å²) in [6.07, 6.45) is 9.75. The van der Waals surface area contributed by atoms with E-state index in [0.29, 0.717) is 5.56 Å². The summed E-state index contributed by atoms with van der Waals surface area (Å²) in [4.78, 5) is 14.8. The average Bonchev–Trinajstić information content (AvgIpc) is 4.32. The molecular weight excluding hydrogens is 939 g/mol. The Kier molecular flexibility index (Phi) is 7.81. The molecule has 0 aliphatic carbocycles. The van der Waals surface area contributed by atoms with Gasteiger partial charge in [-0.25, -0.2) is 4.98 Å². The van der Waals surface area contributed by atoms with Crippen molar-refractivity contribution in [1.82, 2.24) is 28.7 Å². The van der Waals surface area contributed by atoms with Gasteiger partial charge in [0, 0.05) is 85.2 Å². The van der Waals surface area contributed by atoms with Crippen molar-refractivity contribution in [2.45, 2.75) is 0 Å². The molecule has 0 saturated carbocycles. The molecule has 0 spiro atoms. The van der Waals surface area contributed by atoms with Gasteiger partial charge in [-0.3, -0.25) is 14.5 Å². The first kappa shape index (κ1) is 40.8. The van der Waals surface area contributed by atoms with E-state index in [2.05, 4.69) is 224 Å². The van der Waals surface area contributed by atoms with Crippen LogP contribution in [0.2, 0.25) is 0 Å². The van der Waals surface area contributed by atoms with Gasteiger partial charge in [-0.05, 0) is 114 Å². The minimum Gasteiger partial charge on any atom is -0.307 e. The number of pyridine rings is 3. The van der Waals surface area contributed by atoms with Crippen LogP contribution in [-0.2, 0) is 0 Å². The molecule has 12 aromatic carbocycles. The van der Waals surface area contributed by atoms with E-state index in [0.717, 1.165) is 153 Å². The third-order valence-corrected chi connectivity index (χ3v) is 16.9. The number of hydrogen-bond donors (Lipinski definition) is 0. The second kappa shape index (κ2) is 14.8. The molecule has 0 saturated heterocycles. The second-order valence-electron chi connectivity index (χ2n) is 20.5. The zero-order valence-corrected chi connectivity index (χ0v) is 41.0. The first-order chi connectivity index (χ1) is 38.3. The predicted molar refractivity (Wildman–Crippen MR) is 317 cm³/mol. The van der Waals surface area contributed by atoms with Crippen LogP contribution in [0.25, 0.3) is 169 Å². The molecule has 6 heterocycles. The lowest BCUT2D eigenvalue weighted by atomic mass is 9.88. The highest BCUT2D eigenvalue weighted by Crippen LogP contribution is 2.55. The van der Waals surface area contributed by atoms with E-state index in [-0.39, 0.29) is 0 Å². The highest BCUT2D eigenvalue weighted by Gasteiger charge is 2.35. The molecule has 0 unspecified atom stereocenters. The summed E-state index contributed by atoms with van der Waals surface area (Å²) < 4.78 is 7.27.